The smallest absolute Gasteiger partial charge is 0.180 e. The molecule has 1 aliphatic carbocycles. The first-order valence-electron chi connectivity index (χ1n) is 5.62. The molecular weight excluding hydrogens is 206 g/mol. The van der Waals surface area contributed by atoms with Crippen LogP contribution in [0.4, 0.5) is 5.13 Å². The largest absolute Gasteiger partial charge is 0.375 e. The molecule has 3 N–H and O–H groups in total. The summed E-state index contributed by atoms with van der Waals surface area (Å²) in [5, 5.41) is 4.22. The van der Waals surface area contributed by atoms with Gasteiger partial charge in [-0.05, 0) is 25.2 Å². The van der Waals surface area contributed by atoms with Crippen LogP contribution >= 0.6 is 11.3 Å². The summed E-state index contributed by atoms with van der Waals surface area (Å²) < 4.78 is 0. The van der Waals surface area contributed by atoms with Crippen molar-refractivity contribution < 1.29 is 0 Å². The number of hydrogen-bond donors (Lipinski definition) is 2. The molecule has 4 heteroatoms. The Morgan fingerprint density at radius 3 is 2.87 bits per heavy atom. The third-order valence-electron chi connectivity index (χ3n) is 2.53. The SMILES string of the molecule is CC(C)Cc1nc(N)sc1CNC1CC1. The molecule has 0 aliphatic heterocycles. The zero-order chi connectivity index (χ0) is 10.8. The third kappa shape index (κ3) is 3.18. The number of nitrogens with zero attached hydrogens (tertiary/aromatic N) is 1. The van der Waals surface area contributed by atoms with Crippen molar-refractivity contribution in [3.63, 3.8) is 0 Å². The normalized spacial score (nSPS) is 16.2. The van der Waals surface area contributed by atoms with Crippen molar-refractivity contribution in [3.05, 3.63) is 10.6 Å². The van der Waals surface area contributed by atoms with Crippen LogP contribution in [0.5, 0.6) is 0 Å². The van der Waals surface area contributed by atoms with Crippen LogP contribution in [-0.2, 0) is 13.0 Å². The quantitative estimate of drug-likeness (QED) is 0.807. The third-order valence-corrected chi connectivity index (χ3v) is 3.45. The fraction of sp³-hybridized carbons (Fsp3) is 0.727. The molecule has 0 radical (unpaired) electrons. The van der Waals surface area contributed by atoms with E-state index in [1.54, 1.807) is 11.3 Å². The lowest BCUT2D eigenvalue weighted by atomic mass is 10.1. The van der Waals surface area contributed by atoms with Gasteiger partial charge < -0.3 is 11.1 Å². The Labute approximate surface area is 95.1 Å². The van der Waals surface area contributed by atoms with Gasteiger partial charge in [-0.2, -0.15) is 0 Å². The van der Waals surface area contributed by atoms with Crippen LogP contribution in [0.25, 0.3) is 0 Å². The van der Waals surface area contributed by atoms with E-state index in [9.17, 15) is 0 Å². The number of nitrogens with one attached hydrogen (secondary N) is 1. The molecule has 0 atom stereocenters. The van der Waals surface area contributed by atoms with E-state index in [2.05, 4.69) is 24.1 Å². The van der Waals surface area contributed by atoms with E-state index in [0.29, 0.717) is 11.0 Å². The van der Waals surface area contributed by atoms with E-state index in [1.165, 1.54) is 23.4 Å². The summed E-state index contributed by atoms with van der Waals surface area (Å²) >= 11 is 1.63. The van der Waals surface area contributed by atoms with Crippen LogP contribution < -0.4 is 11.1 Å². The fourth-order valence-electron chi connectivity index (χ4n) is 1.61. The second-order valence-corrected chi connectivity index (χ2v) is 5.79. The summed E-state index contributed by atoms with van der Waals surface area (Å²) in [6.07, 6.45) is 3.69. The minimum absolute atomic E-state index is 0.645. The highest BCUT2D eigenvalue weighted by atomic mass is 32.1. The Morgan fingerprint density at radius 1 is 1.53 bits per heavy atom. The van der Waals surface area contributed by atoms with Crippen LogP contribution in [0.1, 0.15) is 37.3 Å². The lowest BCUT2D eigenvalue weighted by Gasteiger charge is -2.05. The Balaban J connectivity index is 1.99. The van der Waals surface area contributed by atoms with Gasteiger partial charge in [-0.3, -0.25) is 0 Å². The summed E-state index contributed by atoms with van der Waals surface area (Å²) in [6, 6.07) is 0.750. The van der Waals surface area contributed by atoms with Gasteiger partial charge in [-0.25, -0.2) is 4.98 Å². The number of hydrogen-bond acceptors (Lipinski definition) is 4. The van der Waals surface area contributed by atoms with Gasteiger partial charge in [0.1, 0.15) is 0 Å². The zero-order valence-corrected chi connectivity index (χ0v) is 10.2. The molecular formula is C11H19N3S. The van der Waals surface area contributed by atoms with E-state index >= 15 is 0 Å². The lowest BCUT2D eigenvalue weighted by Crippen LogP contribution is -2.15. The molecule has 0 bridgehead atoms. The number of thiazole rings is 1. The average molecular weight is 225 g/mol. The maximum absolute atomic E-state index is 5.76. The maximum Gasteiger partial charge on any atom is 0.180 e. The first kappa shape index (κ1) is 10.9. The molecule has 1 aromatic heterocycles. The Morgan fingerprint density at radius 2 is 2.27 bits per heavy atom. The minimum Gasteiger partial charge on any atom is -0.375 e. The molecule has 84 valence electrons. The molecule has 3 nitrogen and oxygen atoms in total. The molecule has 1 aliphatic rings. The molecule has 1 aromatic rings. The van der Waals surface area contributed by atoms with E-state index in [4.69, 9.17) is 5.73 Å². The van der Waals surface area contributed by atoms with Gasteiger partial charge in [0.2, 0.25) is 0 Å². The maximum atomic E-state index is 5.76. The van der Waals surface area contributed by atoms with Crippen LogP contribution in [-0.4, -0.2) is 11.0 Å². The van der Waals surface area contributed by atoms with Crippen molar-refractivity contribution in [3.8, 4) is 0 Å². The summed E-state index contributed by atoms with van der Waals surface area (Å²) in [7, 11) is 0. The Bertz CT molecular complexity index is 329. The predicted molar refractivity (Wildman–Crippen MR) is 64.9 cm³/mol. The monoisotopic (exact) mass is 225 g/mol. The number of aromatic nitrogens is 1. The second-order valence-electron chi connectivity index (χ2n) is 4.68. The van der Waals surface area contributed by atoms with Gasteiger partial charge in [0.25, 0.3) is 0 Å². The summed E-state index contributed by atoms with van der Waals surface area (Å²) in [4.78, 5) is 5.73. The highest BCUT2D eigenvalue weighted by Crippen LogP contribution is 2.25. The topological polar surface area (TPSA) is 50.9 Å². The molecule has 1 saturated carbocycles. The fourth-order valence-corrected chi connectivity index (χ4v) is 2.42. The second kappa shape index (κ2) is 4.49. The van der Waals surface area contributed by atoms with E-state index < -0.39 is 0 Å². The molecule has 1 heterocycles. The zero-order valence-electron chi connectivity index (χ0n) is 9.42. The standard InChI is InChI=1S/C11H19N3S/c1-7(2)5-9-10(15-11(12)14-9)6-13-8-3-4-8/h7-8,13H,3-6H2,1-2H3,(H2,12,14). The Hall–Kier alpha value is -0.610. The van der Waals surface area contributed by atoms with Crippen molar-refractivity contribution in [1.29, 1.82) is 0 Å². The van der Waals surface area contributed by atoms with Crippen molar-refractivity contribution in [2.45, 2.75) is 45.7 Å². The molecule has 2 rings (SSSR count). The minimum atomic E-state index is 0.645. The van der Waals surface area contributed by atoms with Crippen molar-refractivity contribution in [2.24, 2.45) is 5.92 Å². The predicted octanol–water partition coefficient (Wildman–Crippen LogP) is 2.18. The van der Waals surface area contributed by atoms with Gasteiger partial charge >= 0.3 is 0 Å². The number of rotatable bonds is 5. The molecule has 0 amide bonds. The van der Waals surface area contributed by atoms with Gasteiger partial charge in [-0.1, -0.05) is 13.8 Å². The Kier molecular flexibility index (Phi) is 3.26. The van der Waals surface area contributed by atoms with Crippen molar-refractivity contribution >= 4 is 16.5 Å². The first-order valence-corrected chi connectivity index (χ1v) is 6.44. The molecule has 0 spiro atoms. The first-order chi connectivity index (χ1) is 7.15. The molecule has 0 saturated heterocycles. The van der Waals surface area contributed by atoms with Gasteiger partial charge in [0.05, 0.1) is 5.69 Å². The highest BCUT2D eigenvalue weighted by Gasteiger charge is 2.21. The van der Waals surface area contributed by atoms with E-state index in [0.717, 1.165) is 19.0 Å². The van der Waals surface area contributed by atoms with Crippen LogP contribution in [0, 0.1) is 5.92 Å². The highest BCUT2D eigenvalue weighted by molar-refractivity contribution is 7.15. The van der Waals surface area contributed by atoms with Crippen LogP contribution in [0.2, 0.25) is 0 Å². The van der Waals surface area contributed by atoms with Crippen molar-refractivity contribution in [2.75, 3.05) is 5.73 Å². The summed E-state index contributed by atoms with van der Waals surface area (Å²) in [6.45, 7) is 5.38. The van der Waals surface area contributed by atoms with Gasteiger partial charge in [-0.15, -0.1) is 11.3 Å². The number of nitrogens with two attached hydrogens (primary N) is 1. The van der Waals surface area contributed by atoms with Crippen molar-refractivity contribution in [1.82, 2.24) is 10.3 Å². The molecule has 15 heavy (non-hydrogen) atoms. The molecule has 0 unspecified atom stereocenters. The van der Waals surface area contributed by atoms with Crippen LogP contribution in [0.3, 0.4) is 0 Å². The molecule has 1 fully saturated rings. The summed E-state index contributed by atoms with van der Waals surface area (Å²) in [5.74, 6) is 0.645. The lowest BCUT2D eigenvalue weighted by molar-refractivity contribution is 0.624. The van der Waals surface area contributed by atoms with E-state index in [1.807, 2.05) is 0 Å². The summed E-state index contributed by atoms with van der Waals surface area (Å²) in [5.41, 5.74) is 6.95. The van der Waals surface area contributed by atoms with E-state index in [-0.39, 0.29) is 0 Å². The number of anilines is 1. The van der Waals surface area contributed by atoms with Gasteiger partial charge in [0, 0.05) is 17.5 Å². The van der Waals surface area contributed by atoms with Crippen LogP contribution in [0.15, 0.2) is 0 Å². The average Bonchev–Trinajstić information content (AvgIpc) is 2.89. The van der Waals surface area contributed by atoms with Gasteiger partial charge in [0.15, 0.2) is 5.13 Å². The number of nitrogen functional groups attached to an aromatic ring is 1. The molecule has 0 aromatic carbocycles.